The Hall–Kier alpha value is -2.67. The van der Waals surface area contributed by atoms with Crippen LogP contribution in [-0.2, 0) is 9.47 Å². The number of aliphatic hydroxyl groups is 1. The summed E-state index contributed by atoms with van der Waals surface area (Å²) in [5.74, 6) is -0.928. The fourth-order valence-electron chi connectivity index (χ4n) is 2.40. The molecule has 7 nitrogen and oxygen atoms in total. The Morgan fingerprint density at radius 1 is 1.20 bits per heavy atom. The highest BCUT2D eigenvalue weighted by Gasteiger charge is 2.21. The number of rotatable bonds is 7. The van der Waals surface area contributed by atoms with Crippen LogP contribution in [0.1, 0.15) is 41.5 Å². The number of nitrogens with one attached hydrogen (secondary N) is 2. The van der Waals surface area contributed by atoms with E-state index in [1.54, 1.807) is 45.2 Å². The van der Waals surface area contributed by atoms with Crippen molar-refractivity contribution >= 4 is 28.5 Å². The number of hydrogen-bond donors (Lipinski definition) is 2. The Balaban J connectivity index is 2.57. The van der Waals surface area contributed by atoms with Crippen LogP contribution in [0.15, 0.2) is 24.4 Å². The summed E-state index contributed by atoms with van der Waals surface area (Å²) in [5.41, 5.74) is 1.91. The molecule has 0 spiro atoms. The van der Waals surface area contributed by atoms with Crippen molar-refractivity contribution in [1.29, 1.82) is 0 Å². The average molecular weight is 347 g/mol. The van der Waals surface area contributed by atoms with Crippen LogP contribution in [0.2, 0.25) is 0 Å². The number of esters is 2. The van der Waals surface area contributed by atoms with Crippen LogP contribution in [0, 0.1) is 0 Å². The lowest BCUT2D eigenvalue weighted by Gasteiger charge is -2.13. The van der Waals surface area contributed by atoms with Gasteiger partial charge in [0.2, 0.25) is 5.52 Å². The number of aliphatic hydroxyl groups excluding tert-OH is 1. The van der Waals surface area contributed by atoms with E-state index in [2.05, 4.69) is 10.3 Å². The number of carbonyl (C=O) groups excluding carboxylic acids is 2. The van der Waals surface area contributed by atoms with Crippen molar-refractivity contribution in [3.05, 3.63) is 35.5 Å². The van der Waals surface area contributed by atoms with Gasteiger partial charge in [-0.25, -0.2) is 14.6 Å². The number of H-pyrrole nitrogens is 1. The molecule has 1 aromatic carbocycles. The van der Waals surface area contributed by atoms with Gasteiger partial charge < -0.3 is 19.9 Å². The van der Waals surface area contributed by atoms with Crippen molar-refractivity contribution in [2.45, 2.75) is 26.9 Å². The van der Waals surface area contributed by atoms with Gasteiger partial charge in [-0.3, -0.25) is 0 Å². The zero-order valence-corrected chi connectivity index (χ0v) is 14.6. The van der Waals surface area contributed by atoms with E-state index in [0.29, 0.717) is 22.2 Å². The third-order valence-corrected chi connectivity index (χ3v) is 3.51. The number of fused-ring (bicyclic) bond motifs is 1. The zero-order valence-electron chi connectivity index (χ0n) is 14.6. The van der Waals surface area contributed by atoms with Crippen molar-refractivity contribution in [2.24, 2.45) is 0 Å². The van der Waals surface area contributed by atoms with E-state index in [1.165, 1.54) is 0 Å². The Kier molecular flexibility index (Phi) is 6.30. The predicted octanol–water partition coefficient (Wildman–Crippen LogP) is 1.80. The molecular weight excluding hydrogens is 324 g/mol. The minimum absolute atomic E-state index is 0.245. The van der Waals surface area contributed by atoms with Crippen molar-refractivity contribution in [3.63, 3.8) is 0 Å². The van der Waals surface area contributed by atoms with Crippen LogP contribution in [0.25, 0.3) is 10.9 Å². The third kappa shape index (κ3) is 4.45. The molecule has 0 amide bonds. The van der Waals surface area contributed by atoms with E-state index in [9.17, 15) is 14.7 Å². The summed E-state index contributed by atoms with van der Waals surface area (Å²) in [4.78, 5) is 27.3. The molecule has 25 heavy (non-hydrogen) atoms. The van der Waals surface area contributed by atoms with Gasteiger partial charge in [0, 0.05) is 12.6 Å². The largest absolute Gasteiger partial charge is 0.462 e. The van der Waals surface area contributed by atoms with Gasteiger partial charge >= 0.3 is 11.9 Å². The fraction of sp³-hybridized carbons (Fsp3) is 0.389. The number of aromatic nitrogens is 1. The molecule has 1 heterocycles. The molecule has 7 heteroatoms. The van der Waals surface area contributed by atoms with E-state index in [1.807, 2.05) is 0 Å². The summed E-state index contributed by atoms with van der Waals surface area (Å²) in [5, 5.41) is 13.3. The number of benzene rings is 1. The first kappa shape index (κ1) is 18.7. The topological polar surface area (TPSA) is 99.0 Å². The number of ether oxygens (including phenoxy) is 2. The summed E-state index contributed by atoms with van der Waals surface area (Å²) in [7, 11) is 0. The molecule has 0 aliphatic carbocycles. The molecule has 0 unspecified atom stereocenters. The van der Waals surface area contributed by atoms with Gasteiger partial charge in [-0.05, 0) is 32.9 Å². The quantitative estimate of drug-likeness (QED) is 0.741. The highest BCUT2D eigenvalue weighted by atomic mass is 16.5. The van der Waals surface area contributed by atoms with Gasteiger partial charge in [0.25, 0.3) is 0 Å². The van der Waals surface area contributed by atoms with Crippen molar-refractivity contribution < 1.29 is 29.2 Å². The number of aromatic amines is 1. The first-order valence-corrected chi connectivity index (χ1v) is 8.22. The van der Waals surface area contributed by atoms with Crippen LogP contribution in [0.3, 0.4) is 0 Å². The number of pyridine rings is 1. The normalized spacial score (nSPS) is 11.8. The Bertz CT molecular complexity index is 768. The van der Waals surface area contributed by atoms with E-state index < -0.39 is 18.0 Å². The highest BCUT2D eigenvalue weighted by Crippen LogP contribution is 2.26. The summed E-state index contributed by atoms with van der Waals surface area (Å²) < 4.78 is 10.1. The van der Waals surface area contributed by atoms with E-state index in [-0.39, 0.29) is 19.8 Å². The first-order valence-electron chi connectivity index (χ1n) is 8.22. The van der Waals surface area contributed by atoms with Gasteiger partial charge in [0.15, 0.2) is 6.20 Å². The molecule has 0 bridgehead atoms. The standard InChI is InChI=1S/C18H22N2O5/c1-4-24-17(22)12-6-7-15-13(8-12)16(20-9-11(3)21)14(10-19-15)18(23)25-5-2/h6-8,10-11,21H,4-5,9H2,1-3H3,(H,19,20)/p+1/t11-/m0/s1. The Labute approximate surface area is 146 Å². The number of hydrogen-bond acceptors (Lipinski definition) is 6. The maximum absolute atomic E-state index is 12.2. The molecular formula is C18H23N2O5+. The van der Waals surface area contributed by atoms with E-state index in [4.69, 9.17) is 9.47 Å². The van der Waals surface area contributed by atoms with Crippen LogP contribution in [-0.4, -0.2) is 42.9 Å². The van der Waals surface area contributed by atoms with Crippen LogP contribution >= 0.6 is 0 Å². The summed E-state index contributed by atoms with van der Waals surface area (Å²) in [6, 6.07) is 5.04. The lowest BCUT2D eigenvalue weighted by molar-refractivity contribution is -0.344. The highest BCUT2D eigenvalue weighted by molar-refractivity contribution is 6.05. The fourth-order valence-corrected chi connectivity index (χ4v) is 2.40. The lowest BCUT2D eigenvalue weighted by Crippen LogP contribution is -2.21. The van der Waals surface area contributed by atoms with Gasteiger partial charge in [0.05, 0.1) is 36.0 Å². The molecule has 0 radical (unpaired) electrons. The lowest BCUT2D eigenvalue weighted by atomic mass is 10.1. The molecule has 0 saturated carbocycles. The average Bonchev–Trinajstić information content (AvgIpc) is 2.59. The van der Waals surface area contributed by atoms with E-state index >= 15 is 0 Å². The molecule has 0 fully saturated rings. The summed E-state index contributed by atoms with van der Waals surface area (Å²) in [6.07, 6.45) is 0.942. The van der Waals surface area contributed by atoms with Crippen LogP contribution in [0.5, 0.6) is 0 Å². The second kappa shape index (κ2) is 8.43. The SMILES string of the molecule is CCOC(=O)c1ccc2[nH+]cc(C(=O)OCC)c(NC[C@H](C)O)c2c1. The van der Waals surface area contributed by atoms with Crippen LogP contribution < -0.4 is 10.3 Å². The summed E-state index contributed by atoms with van der Waals surface area (Å²) in [6.45, 7) is 5.87. The number of anilines is 1. The first-order chi connectivity index (χ1) is 12.0. The molecule has 3 N–H and O–H groups in total. The number of carbonyl (C=O) groups is 2. The molecule has 0 aliphatic heterocycles. The molecule has 0 saturated heterocycles. The van der Waals surface area contributed by atoms with Crippen molar-refractivity contribution in [2.75, 3.05) is 25.1 Å². The van der Waals surface area contributed by atoms with E-state index in [0.717, 1.165) is 5.52 Å². The third-order valence-electron chi connectivity index (χ3n) is 3.51. The Morgan fingerprint density at radius 3 is 2.52 bits per heavy atom. The minimum atomic E-state index is -0.609. The monoisotopic (exact) mass is 347 g/mol. The molecule has 1 atom stereocenters. The second-order valence-electron chi connectivity index (χ2n) is 5.51. The molecule has 2 rings (SSSR count). The predicted molar refractivity (Wildman–Crippen MR) is 92.6 cm³/mol. The van der Waals surface area contributed by atoms with Gasteiger partial charge in [-0.15, -0.1) is 0 Å². The van der Waals surface area contributed by atoms with Gasteiger partial charge in [0.1, 0.15) is 5.56 Å². The molecule has 0 aliphatic rings. The smallest absolute Gasteiger partial charge is 0.346 e. The summed E-state index contributed by atoms with van der Waals surface area (Å²) >= 11 is 0. The van der Waals surface area contributed by atoms with Crippen LogP contribution in [0.4, 0.5) is 5.69 Å². The van der Waals surface area contributed by atoms with Crippen molar-refractivity contribution in [1.82, 2.24) is 0 Å². The maximum atomic E-state index is 12.2. The molecule has 134 valence electrons. The maximum Gasteiger partial charge on any atom is 0.346 e. The molecule has 2 aromatic rings. The second-order valence-corrected chi connectivity index (χ2v) is 5.51. The van der Waals surface area contributed by atoms with Crippen molar-refractivity contribution in [3.8, 4) is 0 Å². The minimum Gasteiger partial charge on any atom is -0.462 e. The van der Waals surface area contributed by atoms with Gasteiger partial charge in [-0.2, -0.15) is 0 Å². The zero-order chi connectivity index (χ0) is 18.4. The Morgan fingerprint density at radius 2 is 1.88 bits per heavy atom. The molecule has 1 aromatic heterocycles. The van der Waals surface area contributed by atoms with Gasteiger partial charge in [-0.1, -0.05) is 0 Å².